The molecular formula is C14H20N4O5. The molecule has 9 nitrogen and oxygen atoms in total. The molecule has 9 heteroatoms. The molecule has 23 heavy (non-hydrogen) atoms. The van der Waals surface area contributed by atoms with Crippen molar-refractivity contribution in [3.8, 4) is 0 Å². The molecule has 3 rings (SSSR count). The first-order valence-electron chi connectivity index (χ1n) is 7.60. The van der Waals surface area contributed by atoms with Gasteiger partial charge in [-0.2, -0.15) is 4.98 Å². The molecule has 4 unspecified atom stereocenters. The molecule has 0 radical (unpaired) electrons. The lowest BCUT2D eigenvalue weighted by Crippen LogP contribution is -2.35. The molecule has 0 bridgehead atoms. The van der Waals surface area contributed by atoms with E-state index in [0.717, 1.165) is 30.5 Å². The van der Waals surface area contributed by atoms with Gasteiger partial charge in [0.2, 0.25) is 0 Å². The average molecular weight is 324 g/mol. The summed E-state index contributed by atoms with van der Waals surface area (Å²) in [5, 5.41) is 28.8. The summed E-state index contributed by atoms with van der Waals surface area (Å²) < 4.78 is 6.39. The van der Waals surface area contributed by atoms with Crippen LogP contribution >= 0.6 is 0 Å². The quantitative estimate of drug-likeness (QED) is 0.460. The molecule has 2 saturated heterocycles. The summed E-state index contributed by atoms with van der Waals surface area (Å²) in [6, 6.07) is 1.53. The maximum absolute atomic E-state index is 12.1. The van der Waals surface area contributed by atoms with Gasteiger partial charge in [0.15, 0.2) is 12.0 Å². The highest BCUT2D eigenvalue weighted by Crippen LogP contribution is 2.28. The van der Waals surface area contributed by atoms with E-state index < -0.39 is 36.8 Å². The minimum atomic E-state index is -1.31. The molecule has 0 spiro atoms. The van der Waals surface area contributed by atoms with E-state index in [2.05, 4.69) is 14.9 Å². The molecule has 0 aliphatic carbocycles. The highest BCUT2D eigenvalue weighted by Gasteiger charge is 2.43. The molecule has 3 heterocycles. The third kappa shape index (κ3) is 3.27. The molecular weight excluding hydrogens is 304 g/mol. The van der Waals surface area contributed by atoms with Crippen LogP contribution < -0.4 is 5.69 Å². The van der Waals surface area contributed by atoms with Crippen LogP contribution in [0.1, 0.15) is 19.1 Å². The van der Waals surface area contributed by atoms with E-state index in [0.29, 0.717) is 0 Å². The number of aliphatic imine (C=N–C) groups is 1. The summed E-state index contributed by atoms with van der Waals surface area (Å²) in [5.41, 5.74) is -0.643. The zero-order valence-electron chi connectivity index (χ0n) is 12.5. The zero-order chi connectivity index (χ0) is 16.4. The Hall–Kier alpha value is -1.81. The van der Waals surface area contributed by atoms with Gasteiger partial charge < -0.3 is 25.0 Å². The second-order valence-corrected chi connectivity index (χ2v) is 5.69. The van der Waals surface area contributed by atoms with Gasteiger partial charge >= 0.3 is 5.69 Å². The Morgan fingerprint density at radius 3 is 2.70 bits per heavy atom. The minimum Gasteiger partial charge on any atom is -0.394 e. The van der Waals surface area contributed by atoms with Crippen molar-refractivity contribution in [2.24, 2.45) is 4.99 Å². The fourth-order valence-electron chi connectivity index (χ4n) is 2.78. The summed E-state index contributed by atoms with van der Waals surface area (Å²) in [4.78, 5) is 22.2. The van der Waals surface area contributed by atoms with Crippen LogP contribution in [0.4, 0.5) is 5.82 Å². The molecule has 0 saturated carbocycles. The molecule has 0 aromatic carbocycles. The Morgan fingerprint density at radius 1 is 1.35 bits per heavy atom. The molecule has 4 atom stereocenters. The van der Waals surface area contributed by atoms with E-state index in [9.17, 15) is 15.0 Å². The molecule has 1 aromatic heterocycles. The summed E-state index contributed by atoms with van der Waals surface area (Å²) >= 11 is 0. The van der Waals surface area contributed by atoms with Gasteiger partial charge in [0.1, 0.15) is 18.3 Å². The number of hydrogen-bond donors (Lipinski definition) is 3. The Kier molecular flexibility index (Phi) is 4.71. The number of ether oxygens (including phenoxy) is 1. The van der Waals surface area contributed by atoms with Gasteiger partial charge in [-0.05, 0) is 18.9 Å². The number of aliphatic hydroxyl groups is 3. The van der Waals surface area contributed by atoms with E-state index >= 15 is 0 Å². The van der Waals surface area contributed by atoms with Crippen LogP contribution in [0.2, 0.25) is 0 Å². The SMILES string of the molecule is O=c1nc(N=CN2CCCC2)ccn1C1OC(CO)C(O)C1O. The third-order valence-corrected chi connectivity index (χ3v) is 4.10. The van der Waals surface area contributed by atoms with E-state index in [-0.39, 0.29) is 5.82 Å². The summed E-state index contributed by atoms with van der Waals surface area (Å²) in [6.07, 6.45) is 0.750. The average Bonchev–Trinajstić information content (AvgIpc) is 3.16. The van der Waals surface area contributed by atoms with Gasteiger partial charge in [-0.3, -0.25) is 4.57 Å². The lowest BCUT2D eigenvalue weighted by Gasteiger charge is -2.16. The van der Waals surface area contributed by atoms with Crippen LogP contribution in [-0.2, 0) is 4.74 Å². The van der Waals surface area contributed by atoms with Crippen molar-refractivity contribution in [3.63, 3.8) is 0 Å². The van der Waals surface area contributed by atoms with Crippen molar-refractivity contribution in [1.29, 1.82) is 0 Å². The van der Waals surface area contributed by atoms with E-state index in [1.165, 1.54) is 12.3 Å². The highest BCUT2D eigenvalue weighted by molar-refractivity contribution is 5.59. The first-order chi connectivity index (χ1) is 11.1. The third-order valence-electron chi connectivity index (χ3n) is 4.10. The molecule has 2 fully saturated rings. The number of aromatic nitrogens is 2. The van der Waals surface area contributed by atoms with Gasteiger partial charge in [0.05, 0.1) is 12.9 Å². The molecule has 3 N–H and O–H groups in total. The standard InChI is InChI=1S/C14H20N4O5/c19-7-9-11(20)12(21)13(23-9)18-6-3-10(16-14(18)22)15-8-17-4-1-2-5-17/h3,6,8-9,11-13,19-21H,1-2,4-5,7H2. The maximum Gasteiger partial charge on any atom is 0.351 e. The molecule has 126 valence electrons. The van der Waals surface area contributed by atoms with E-state index in [4.69, 9.17) is 9.84 Å². The van der Waals surface area contributed by atoms with Gasteiger partial charge in [-0.15, -0.1) is 0 Å². The Morgan fingerprint density at radius 2 is 2.09 bits per heavy atom. The van der Waals surface area contributed by atoms with Crippen LogP contribution in [0.15, 0.2) is 22.1 Å². The fourth-order valence-corrected chi connectivity index (χ4v) is 2.78. The van der Waals surface area contributed by atoms with Crippen molar-refractivity contribution in [1.82, 2.24) is 14.5 Å². The van der Waals surface area contributed by atoms with Crippen molar-refractivity contribution >= 4 is 12.2 Å². The summed E-state index contributed by atoms with van der Waals surface area (Å²) in [5.74, 6) is 0.268. The van der Waals surface area contributed by atoms with Crippen molar-refractivity contribution in [2.45, 2.75) is 37.4 Å². The second-order valence-electron chi connectivity index (χ2n) is 5.69. The maximum atomic E-state index is 12.1. The number of likely N-dealkylation sites (tertiary alicyclic amines) is 1. The normalized spacial score (nSPS) is 31.3. The second kappa shape index (κ2) is 6.75. The number of aliphatic hydroxyl groups excluding tert-OH is 3. The Bertz CT molecular complexity index is 628. The first-order valence-corrected chi connectivity index (χ1v) is 7.60. The van der Waals surface area contributed by atoms with Crippen LogP contribution in [0.3, 0.4) is 0 Å². The van der Waals surface area contributed by atoms with E-state index in [1.807, 2.05) is 0 Å². The lowest BCUT2D eigenvalue weighted by molar-refractivity contribution is -0.0549. The molecule has 2 aliphatic rings. The Balaban J connectivity index is 1.76. The fraction of sp³-hybridized carbons (Fsp3) is 0.643. The van der Waals surface area contributed by atoms with Crippen molar-refractivity contribution in [2.75, 3.05) is 19.7 Å². The van der Waals surface area contributed by atoms with Crippen molar-refractivity contribution < 1.29 is 20.1 Å². The van der Waals surface area contributed by atoms with Crippen LogP contribution in [0.5, 0.6) is 0 Å². The first kappa shape index (κ1) is 16.1. The molecule has 1 aromatic rings. The van der Waals surface area contributed by atoms with E-state index in [1.54, 1.807) is 6.34 Å². The highest BCUT2D eigenvalue weighted by atomic mass is 16.6. The number of nitrogens with zero attached hydrogens (tertiary/aromatic N) is 4. The number of hydrogen-bond acceptors (Lipinski definition) is 7. The van der Waals surface area contributed by atoms with Crippen LogP contribution in [-0.4, -0.2) is 74.1 Å². The zero-order valence-corrected chi connectivity index (χ0v) is 12.5. The van der Waals surface area contributed by atoms with Crippen LogP contribution in [0.25, 0.3) is 0 Å². The largest absolute Gasteiger partial charge is 0.394 e. The Labute approximate surface area is 132 Å². The summed E-state index contributed by atoms with van der Waals surface area (Å²) in [6.45, 7) is 1.45. The topological polar surface area (TPSA) is 120 Å². The monoisotopic (exact) mass is 324 g/mol. The lowest BCUT2D eigenvalue weighted by atomic mass is 10.1. The van der Waals surface area contributed by atoms with Gasteiger partial charge in [0.25, 0.3) is 0 Å². The smallest absolute Gasteiger partial charge is 0.351 e. The number of rotatable bonds is 4. The van der Waals surface area contributed by atoms with Gasteiger partial charge in [-0.1, -0.05) is 0 Å². The summed E-state index contributed by atoms with van der Waals surface area (Å²) in [7, 11) is 0. The van der Waals surface area contributed by atoms with Gasteiger partial charge in [0, 0.05) is 19.3 Å². The predicted molar refractivity (Wildman–Crippen MR) is 80.5 cm³/mol. The molecule has 2 aliphatic heterocycles. The van der Waals surface area contributed by atoms with Crippen LogP contribution in [0, 0.1) is 0 Å². The predicted octanol–water partition coefficient (Wildman–Crippen LogP) is -1.39. The van der Waals surface area contributed by atoms with Gasteiger partial charge in [-0.25, -0.2) is 9.79 Å². The van der Waals surface area contributed by atoms with Crippen molar-refractivity contribution in [3.05, 3.63) is 22.7 Å². The molecule has 0 amide bonds. The minimum absolute atomic E-state index is 0.268.